The standard InChI is InChI=1S/C10H16O5/c1-6(11)15-9-4-7(10(13)14-2)3-8(12)5-9/h7-9,12H,3-5H2,1-2H3/t7-,8-,9+/m1/s1. The van der Waals surface area contributed by atoms with Gasteiger partial charge in [-0.25, -0.2) is 0 Å². The maximum atomic E-state index is 11.3. The van der Waals surface area contributed by atoms with Crippen molar-refractivity contribution in [2.24, 2.45) is 5.92 Å². The largest absolute Gasteiger partial charge is 0.469 e. The van der Waals surface area contributed by atoms with Crippen molar-refractivity contribution < 1.29 is 24.2 Å². The van der Waals surface area contributed by atoms with Crippen LogP contribution < -0.4 is 0 Å². The van der Waals surface area contributed by atoms with E-state index in [0.29, 0.717) is 19.3 Å². The van der Waals surface area contributed by atoms with E-state index in [4.69, 9.17) is 4.74 Å². The zero-order valence-electron chi connectivity index (χ0n) is 8.93. The van der Waals surface area contributed by atoms with Crippen molar-refractivity contribution >= 4 is 11.9 Å². The summed E-state index contributed by atoms with van der Waals surface area (Å²) in [4.78, 5) is 22.0. The second-order valence-corrected chi connectivity index (χ2v) is 3.81. The molecule has 1 N–H and O–H groups in total. The molecule has 0 amide bonds. The van der Waals surface area contributed by atoms with Crippen molar-refractivity contribution in [1.29, 1.82) is 0 Å². The molecule has 0 aromatic heterocycles. The number of carbonyl (C=O) groups excluding carboxylic acids is 2. The number of hydrogen-bond acceptors (Lipinski definition) is 5. The molecule has 15 heavy (non-hydrogen) atoms. The van der Waals surface area contributed by atoms with Crippen LogP contribution in [0.3, 0.4) is 0 Å². The minimum atomic E-state index is -0.604. The molecular formula is C10H16O5. The zero-order valence-corrected chi connectivity index (χ0v) is 8.93. The Hall–Kier alpha value is -1.10. The lowest BCUT2D eigenvalue weighted by Gasteiger charge is -2.30. The Kier molecular flexibility index (Phi) is 4.08. The smallest absolute Gasteiger partial charge is 0.308 e. The van der Waals surface area contributed by atoms with Gasteiger partial charge in [-0.2, -0.15) is 0 Å². The molecule has 1 fully saturated rings. The highest BCUT2D eigenvalue weighted by atomic mass is 16.5. The molecule has 0 radical (unpaired) electrons. The number of hydrogen-bond donors (Lipinski definition) is 1. The molecule has 0 aliphatic heterocycles. The molecule has 0 bridgehead atoms. The lowest BCUT2D eigenvalue weighted by Crippen LogP contribution is -2.36. The van der Waals surface area contributed by atoms with Crippen molar-refractivity contribution in [1.82, 2.24) is 0 Å². The van der Waals surface area contributed by atoms with Crippen molar-refractivity contribution in [3.8, 4) is 0 Å². The van der Waals surface area contributed by atoms with E-state index in [1.54, 1.807) is 0 Å². The number of carbonyl (C=O) groups is 2. The third-order valence-corrected chi connectivity index (χ3v) is 2.51. The molecule has 86 valence electrons. The van der Waals surface area contributed by atoms with Crippen LogP contribution >= 0.6 is 0 Å². The number of esters is 2. The van der Waals surface area contributed by atoms with E-state index in [1.165, 1.54) is 14.0 Å². The van der Waals surface area contributed by atoms with Crippen LogP contribution in [-0.2, 0) is 19.1 Å². The van der Waals surface area contributed by atoms with Crippen molar-refractivity contribution in [3.63, 3.8) is 0 Å². The summed E-state index contributed by atoms with van der Waals surface area (Å²) in [5, 5.41) is 9.51. The lowest BCUT2D eigenvalue weighted by molar-refractivity contribution is -0.158. The maximum Gasteiger partial charge on any atom is 0.308 e. The minimum absolute atomic E-state index is 0.356. The highest BCUT2D eigenvalue weighted by Crippen LogP contribution is 2.27. The fourth-order valence-corrected chi connectivity index (χ4v) is 1.93. The van der Waals surface area contributed by atoms with Gasteiger partial charge in [0.1, 0.15) is 6.10 Å². The van der Waals surface area contributed by atoms with E-state index < -0.39 is 12.1 Å². The molecule has 1 rings (SSSR count). The number of aliphatic hydroxyl groups is 1. The molecule has 0 aromatic rings. The molecule has 0 unspecified atom stereocenters. The second kappa shape index (κ2) is 5.11. The summed E-state index contributed by atoms with van der Waals surface area (Å²) in [6.45, 7) is 1.31. The Bertz CT molecular complexity index is 250. The van der Waals surface area contributed by atoms with Gasteiger partial charge in [-0.15, -0.1) is 0 Å². The molecule has 0 spiro atoms. The Labute approximate surface area is 88.4 Å². The Morgan fingerprint density at radius 2 is 1.93 bits per heavy atom. The first-order valence-electron chi connectivity index (χ1n) is 4.96. The summed E-state index contributed by atoms with van der Waals surface area (Å²) in [7, 11) is 1.31. The van der Waals surface area contributed by atoms with Gasteiger partial charge in [-0.3, -0.25) is 9.59 Å². The van der Waals surface area contributed by atoms with Crippen LogP contribution in [0.2, 0.25) is 0 Å². The molecule has 1 aliphatic rings. The van der Waals surface area contributed by atoms with Crippen LogP contribution in [0, 0.1) is 5.92 Å². The average molecular weight is 216 g/mol. The third-order valence-electron chi connectivity index (χ3n) is 2.51. The zero-order chi connectivity index (χ0) is 11.4. The van der Waals surface area contributed by atoms with Crippen LogP contribution in [0.15, 0.2) is 0 Å². The van der Waals surface area contributed by atoms with E-state index in [1.807, 2.05) is 0 Å². The van der Waals surface area contributed by atoms with Gasteiger partial charge in [0.05, 0.1) is 19.1 Å². The van der Waals surface area contributed by atoms with Gasteiger partial charge >= 0.3 is 11.9 Å². The van der Waals surface area contributed by atoms with Gasteiger partial charge in [-0.1, -0.05) is 0 Å². The predicted octanol–water partition coefficient (Wildman–Crippen LogP) is 0.252. The molecule has 5 nitrogen and oxygen atoms in total. The summed E-state index contributed by atoms with van der Waals surface area (Å²) in [5.41, 5.74) is 0. The number of methoxy groups -OCH3 is 1. The third kappa shape index (κ3) is 3.51. The topological polar surface area (TPSA) is 72.8 Å². The summed E-state index contributed by atoms with van der Waals surface area (Å²) in [6, 6.07) is 0. The van der Waals surface area contributed by atoms with Gasteiger partial charge in [0.15, 0.2) is 0 Å². The first-order chi connectivity index (χ1) is 7.02. The van der Waals surface area contributed by atoms with Crippen LogP contribution in [0.1, 0.15) is 26.2 Å². The molecule has 5 heteroatoms. The number of aliphatic hydroxyl groups excluding tert-OH is 1. The van der Waals surface area contributed by atoms with E-state index >= 15 is 0 Å². The average Bonchev–Trinajstić information content (AvgIpc) is 2.14. The SMILES string of the molecule is COC(=O)[C@@H]1C[C@@H](O)C[C@@H](OC(C)=O)C1. The highest BCUT2D eigenvalue weighted by Gasteiger charge is 2.34. The highest BCUT2D eigenvalue weighted by molar-refractivity contribution is 5.72. The summed E-state index contributed by atoms with van der Waals surface area (Å²) in [5.74, 6) is -1.12. The Morgan fingerprint density at radius 3 is 2.47 bits per heavy atom. The Morgan fingerprint density at radius 1 is 1.27 bits per heavy atom. The summed E-state index contributed by atoms with van der Waals surface area (Å²) >= 11 is 0. The van der Waals surface area contributed by atoms with Crippen molar-refractivity contribution in [2.75, 3.05) is 7.11 Å². The minimum Gasteiger partial charge on any atom is -0.469 e. The van der Waals surface area contributed by atoms with Gasteiger partial charge in [-0.05, 0) is 12.8 Å². The van der Waals surface area contributed by atoms with Crippen LogP contribution in [0.4, 0.5) is 0 Å². The monoisotopic (exact) mass is 216 g/mol. The molecule has 0 heterocycles. The van der Waals surface area contributed by atoms with Crippen molar-refractivity contribution in [3.05, 3.63) is 0 Å². The van der Waals surface area contributed by atoms with E-state index in [-0.39, 0.29) is 18.0 Å². The maximum absolute atomic E-state index is 11.3. The molecular weight excluding hydrogens is 200 g/mol. The van der Waals surface area contributed by atoms with Crippen LogP contribution in [0.25, 0.3) is 0 Å². The first-order valence-corrected chi connectivity index (χ1v) is 4.96. The van der Waals surface area contributed by atoms with Gasteiger partial charge < -0.3 is 14.6 Å². The summed E-state index contributed by atoms with van der Waals surface area (Å²) < 4.78 is 9.58. The molecule has 1 aliphatic carbocycles. The molecule has 0 saturated heterocycles. The van der Waals surface area contributed by atoms with E-state index in [2.05, 4.69) is 4.74 Å². The van der Waals surface area contributed by atoms with E-state index in [9.17, 15) is 14.7 Å². The van der Waals surface area contributed by atoms with Gasteiger partial charge in [0, 0.05) is 13.3 Å². The van der Waals surface area contributed by atoms with Crippen LogP contribution in [-0.4, -0.2) is 36.4 Å². The fraction of sp³-hybridized carbons (Fsp3) is 0.800. The predicted molar refractivity (Wildman–Crippen MR) is 50.9 cm³/mol. The van der Waals surface area contributed by atoms with Gasteiger partial charge in [0.2, 0.25) is 0 Å². The second-order valence-electron chi connectivity index (χ2n) is 3.81. The number of rotatable bonds is 2. The van der Waals surface area contributed by atoms with Gasteiger partial charge in [0.25, 0.3) is 0 Å². The summed E-state index contributed by atoms with van der Waals surface area (Å²) in [6.07, 6.45) is 0.225. The van der Waals surface area contributed by atoms with E-state index in [0.717, 1.165) is 0 Å². The first kappa shape index (κ1) is 12.0. The normalized spacial score (nSPS) is 30.7. The molecule has 1 saturated carbocycles. The number of ether oxygens (including phenoxy) is 2. The molecule has 0 aromatic carbocycles. The fourth-order valence-electron chi connectivity index (χ4n) is 1.93. The molecule has 3 atom stereocenters. The quantitative estimate of drug-likeness (QED) is 0.670. The van der Waals surface area contributed by atoms with Crippen molar-refractivity contribution in [2.45, 2.75) is 38.4 Å². The lowest BCUT2D eigenvalue weighted by atomic mass is 9.85. The Balaban J connectivity index is 2.55. The van der Waals surface area contributed by atoms with Crippen LogP contribution in [0.5, 0.6) is 0 Å².